The van der Waals surface area contributed by atoms with Crippen LogP contribution in [0.3, 0.4) is 0 Å². The summed E-state index contributed by atoms with van der Waals surface area (Å²) in [5.41, 5.74) is 3.64. The summed E-state index contributed by atoms with van der Waals surface area (Å²) in [4.78, 5) is 11.7. The van der Waals surface area contributed by atoms with Gasteiger partial charge in [0.15, 0.2) is 0 Å². The lowest BCUT2D eigenvalue weighted by Gasteiger charge is -2.33. The van der Waals surface area contributed by atoms with E-state index >= 15 is 0 Å². The molecule has 1 fully saturated rings. The molecule has 0 radical (unpaired) electrons. The van der Waals surface area contributed by atoms with Crippen LogP contribution in [0.15, 0.2) is 36.7 Å². The maximum Gasteiger partial charge on any atom is 0.137 e. The van der Waals surface area contributed by atoms with Gasteiger partial charge in [0.25, 0.3) is 0 Å². The van der Waals surface area contributed by atoms with E-state index < -0.39 is 0 Å². The Kier molecular flexibility index (Phi) is 4.15. The first kappa shape index (κ1) is 15.1. The van der Waals surface area contributed by atoms with Gasteiger partial charge in [-0.3, -0.25) is 10.1 Å². The van der Waals surface area contributed by atoms with E-state index in [4.69, 9.17) is 4.98 Å². The second-order valence-electron chi connectivity index (χ2n) is 6.53. The van der Waals surface area contributed by atoms with Crippen molar-refractivity contribution in [3.05, 3.63) is 48.2 Å². The van der Waals surface area contributed by atoms with Crippen LogP contribution in [0.25, 0.3) is 10.9 Å². The van der Waals surface area contributed by atoms with E-state index in [9.17, 15) is 0 Å². The van der Waals surface area contributed by atoms with Crippen molar-refractivity contribution < 1.29 is 0 Å². The molecule has 2 aromatic heterocycles. The first-order valence-corrected chi connectivity index (χ1v) is 8.84. The SMILES string of the molecule is CCCc1cc(N2CCC(c3ncn[nH]3)CC2)c2ccccc2n1. The summed E-state index contributed by atoms with van der Waals surface area (Å²) in [5.74, 6) is 1.52. The summed E-state index contributed by atoms with van der Waals surface area (Å²) in [7, 11) is 0. The van der Waals surface area contributed by atoms with Gasteiger partial charge in [0.2, 0.25) is 0 Å². The lowest BCUT2D eigenvalue weighted by Crippen LogP contribution is -2.33. The van der Waals surface area contributed by atoms with Crippen molar-refractivity contribution in [2.75, 3.05) is 18.0 Å². The molecule has 3 heterocycles. The average Bonchev–Trinajstić information content (AvgIpc) is 3.16. The van der Waals surface area contributed by atoms with Crippen molar-refractivity contribution in [3.63, 3.8) is 0 Å². The highest BCUT2D eigenvalue weighted by molar-refractivity contribution is 5.92. The third-order valence-corrected chi connectivity index (χ3v) is 4.91. The number of hydrogen-bond donors (Lipinski definition) is 1. The molecule has 0 saturated carbocycles. The smallest absolute Gasteiger partial charge is 0.137 e. The van der Waals surface area contributed by atoms with Crippen molar-refractivity contribution in [2.45, 2.75) is 38.5 Å². The monoisotopic (exact) mass is 321 g/mol. The van der Waals surface area contributed by atoms with Crippen molar-refractivity contribution >= 4 is 16.6 Å². The molecule has 1 N–H and O–H groups in total. The maximum absolute atomic E-state index is 4.83. The fraction of sp³-hybridized carbons (Fsp3) is 0.421. The van der Waals surface area contributed by atoms with Crippen LogP contribution in [0.2, 0.25) is 0 Å². The topological polar surface area (TPSA) is 57.7 Å². The van der Waals surface area contributed by atoms with Gasteiger partial charge < -0.3 is 4.90 Å². The fourth-order valence-corrected chi connectivity index (χ4v) is 3.66. The lowest BCUT2D eigenvalue weighted by molar-refractivity contribution is 0.487. The number of H-pyrrole nitrogens is 1. The number of aromatic amines is 1. The lowest BCUT2D eigenvalue weighted by atomic mass is 9.95. The van der Waals surface area contributed by atoms with Gasteiger partial charge in [0.05, 0.1) is 5.52 Å². The molecular formula is C19H23N5. The Labute approximate surface area is 142 Å². The number of nitrogens with one attached hydrogen (secondary N) is 1. The summed E-state index contributed by atoms with van der Waals surface area (Å²) in [5, 5.41) is 8.28. The van der Waals surface area contributed by atoms with Crippen LogP contribution in [0.5, 0.6) is 0 Å². The number of rotatable bonds is 4. The van der Waals surface area contributed by atoms with Gasteiger partial charge in [0.1, 0.15) is 12.2 Å². The number of anilines is 1. The van der Waals surface area contributed by atoms with E-state index in [-0.39, 0.29) is 0 Å². The Morgan fingerprint density at radius 1 is 1.21 bits per heavy atom. The average molecular weight is 321 g/mol. The minimum absolute atomic E-state index is 0.493. The van der Waals surface area contributed by atoms with Gasteiger partial charge in [-0.15, -0.1) is 0 Å². The van der Waals surface area contributed by atoms with Crippen molar-refractivity contribution in [1.82, 2.24) is 20.2 Å². The van der Waals surface area contributed by atoms with Crippen LogP contribution in [-0.2, 0) is 6.42 Å². The molecule has 0 amide bonds. The predicted octanol–water partition coefficient (Wildman–Crippen LogP) is 3.69. The summed E-state index contributed by atoms with van der Waals surface area (Å²) >= 11 is 0. The Morgan fingerprint density at radius 2 is 2.04 bits per heavy atom. The number of aromatic nitrogens is 4. The molecule has 0 bridgehead atoms. The van der Waals surface area contributed by atoms with Crippen molar-refractivity contribution in [3.8, 4) is 0 Å². The van der Waals surface area contributed by atoms with Gasteiger partial charge in [-0.25, -0.2) is 4.98 Å². The number of para-hydroxylation sites is 1. The molecular weight excluding hydrogens is 298 g/mol. The number of hydrogen-bond acceptors (Lipinski definition) is 4. The summed E-state index contributed by atoms with van der Waals surface area (Å²) in [6.45, 7) is 4.30. The Bertz CT molecular complexity index is 804. The molecule has 5 heteroatoms. The molecule has 1 aliphatic heterocycles. The highest BCUT2D eigenvalue weighted by Crippen LogP contribution is 2.33. The molecule has 0 atom stereocenters. The highest BCUT2D eigenvalue weighted by Gasteiger charge is 2.24. The molecule has 0 aliphatic carbocycles. The summed E-state index contributed by atoms with van der Waals surface area (Å²) in [6.07, 6.45) is 5.98. The van der Waals surface area contributed by atoms with Crippen LogP contribution >= 0.6 is 0 Å². The highest BCUT2D eigenvalue weighted by atomic mass is 15.2. The van der Waals surface area contributed by atoms with E-state index in [1.807, 2.05) is 0 Å². The molecule has 24 heavy (non-hydrogen) atoms. The van der Waals surface area contributed by atoms with Gasteiger partial charge in [0, 0.05) is 35.8 Å². The van der Waals surface area contributed by atoms with Gasteiger partial charge >= 0.3 is 0 Å². The third kappa shape index (κ3) is 2.86. The Balaban J connectivity index is 1.62. The second-order valence-corrected chi connectivity index (χ2v) is 6.53. The van der Waals surface area contributed by atoms with Crippen molar-refractivity contribution in [1.29, 1.82) is 0 Å². The van der Waals surface area contributed by atoms with Gasteiger partial charge in [-0.05, 0) is 31.4 Å². The van der Waals surface area contributed by atoms with Crippen LogP contribution in [0, 0.1) is 0 Å². The third-order valence-electron chi connectivity index (χ3n) is 4.91. The van der Waals surface area contributed by atoms with E-state index in [0.717, 1.165) is 50.1 Å². The molecule has 3 aromatic rings. The number of fused-ring (bicyclic) bond motifs is 1. The Hall–Kier alpha value is -2.43. The molecule has 1 aliphatic rings. The quantitative estimate of drug-likeness (QED) is 0.796. The first-order valence-electron chi connectivity index (χ1n) is 8.84. The molecule has 124 valence electrons. The number of pyridine rings is 1. The van der Waals surface area contributed by atoms with Crippen LogP contribution < -0.4 is 4.90 Å². The fourth-order valence-electron chi connectivity index (χ4n) is 3.66. The molecule has 1 saturated heterocycles. The number of piperidine rings is 1. The van der Waals surface area contributed by atoms with Crippen LogP contribution in [0.1, 0.15) is 43.6 Å². The molecule has 0 spiro atoms. The zero-order valence-electron chi connectivity index (χ0n) is 14.1. The summed E-state index contributed by atoms with van der Waals surface area (Å²) < 4.78 is 0. The number of aryl methyl sites for hydroxylation is 1. The van der Waals surface area contributed by atoms with E-state index in [2.05, 4.69) is 57.3 Å². The van der Waals surface area contributed by atoms with Gasteiger partial charge in [-0.2, -0.15) is 5.10 Å². The zero-order valence-corrected chi connectivity index (χ0v) is 14.1. The minimum Gasteiger partial charge on any atom is -0.371 e. The normalized spacial score (nSPS) is 16.0. The zero-order chi connectivity index (χ0) is 16.4. The van der Waals surface area contributed by atoms with E-state index in [0.29, 0.717) is 5.92 Å². The largest absolute Gasteiger partial charge is 0.371 e. The van der Waals surface area contributed by atoms with Crippen molar-refractivity contribution in [2.24, 2.45) is 0 Å². The van der Waals surface area contributed by atoms with Gasteiger partial charge in [-0.1, -0.05) is 31.5 Å². The van der Waals surface area contributed by atoms with E-state index in [1.54, 1.807) is 6.33 Å². The summed E-state index contributed by atoms with van der Waals surface area (Å²) in [6, 6.07) is 10.8. The minimum atomic E-state index is 0.493. The first-order chi connectivity index (χ1) is 11.8. The Morgan fingerprint density at radius 3 is 2.79 bits per heavy atom. The predicted molar refractivity (Wildman–Crippen MR) is 96.3 cm³/mol. The van der Waals surface area contributed by atoms with Crippen LogP contribution in [0.4, 0.5) is 5.69 Å². The van der Waals surface area contributed by atoms with Crippen LogP contribution in [-0.4, -0.2) is 33.3 Å². The molecule has 0 unspecified atom stereocenters. The molecule has 5 nitrogen and oxygen atoms in total. The number of benzene rings is 1. The molecule has 4 rings (SSSR count). The number of nitrogens with zero attached hydrogens (tertiary/aromatic N) is 4. The second kappa shape index (κ2) is 6.59. The molecule has 1 aromatic carbocycles. The standard InChI is InChI=1S/C19H23N5/c1-2-5-15-12-18(16-6-3-4-7-17(16)22-15)24-10-8-14(9-11-24)19-20-13-21-23-19/h3-4,6-7,12-14H,2,5,8-11H2,1H3,(H,20,21,23). The van der Waals surface area contributed by atoms with E-state index in [1.165, 1.54) is 16.8 Å². The maximum atomic E-state index is 4.83.